The lowest BCUT2D eigenvalue weighted by Gasteiger charge is -2.12. The smallest absolute Gasteiger partial charge is 0.289 e. The minimum absolute atomic E-state index is 0.00234. The predicted molar refractivity (Wildman–Crippen MR) is 89.3 cm³/mol. The molecule has 2 aromatic carbocycles. The van der Waals surface area contributed by atoms with Gasteiger partial charge in [-0.25, -0.2) is 0 Å². The Balaban J connectivity index is 2.16. The van der Waals surface area contributed by atoms with Crippen LogP contribution in [0.15, 0.2) is 60.3 Å². The number of hydrogen-bond acceptors (Lipinski definition) is 2. The molecule has 0 saturated carbocycles. The highest BCUT2D eigenvalue weighted by atomic mass is 19.4. The lowest BCUT2D eigenvalue weighted by molar-refractivity contribution is -0.0878. The minimum Gasteiger partial charge on any atom is -0.289 e. The SMILES string of the molecule is Cc1cccc(C2=C(C(F)(F)F)C(=O)c3cnc4ccccc4c32)c1. The monoisotopic (exact) mass is 339 g/mol. The van der Waals surface area contributed by atoms with Crippen molar-refractivity contribution in [1.29, 1.82) is 0 Å². The third-order valence-electron chi connectivity index (χ3n) is 4.34. The van der Waals surface area contributed by atoms with Crippen LogP contribution in [0, 0.1) is 6.92 Å². The van der Waals surface area contributed by atoms with Gasteiger partial charge in [-0.1, -0.05) is 48.0 Å². The number of carbonyl (C=O) groups is 1. The molecule has 3 aromatic rings. The van der Waals surface area contributed by atoms with E-state index in [9.17, 15) is 18.0 Å². The number of benzene rings is 2. The van der Waals surface area contributed by atoms with Gasteiger partial charge in [0, 0.05) is 28.3 Å². The van der Waals surface area contributed by atoms with Crippen LogP contribution in [0.3, 0.4) is 0 Å². The fourth-order valence-electron chi connectivity index (χ4n) is 3.32. The summed E-state index contributed by atoms with van der Waals surface area (Å²) in [6.07, 6.45) is -3.50. The third kappa shape index (κ3) is 2.35. The highest BCUT2D eigenvalue weighted by Crippen LogP contribution is 2.46. The first-order chi connectivity index (χ1) is 11.9. The molecular formula is C20H12F3NO. The van der Waals surface area contributed by atoms with E-state index in [1.54, 1.807) is 55.5 Å². The van der Waals surface area contributed by atoms with Gasteiger partial charge in [-0.15, -0.1) is 0 Å². The molecule has 1 aliphatic carbocycles. The molecule has 0 N–H and O–H groups in total. The number of aryl methyl sites for hydroxylation is 1. The largest absolute Gasteiger partial charge is 0.420 e. The Morgan fingerprint density at radius 2 is 1.76 bits per heavy atom. The Hall–Kier alpha value is -2.95. The van der Waals surface area contributed by atoms with Crippen molar-refractivity contribution in [1.82, 2.24) is 4.98 Å². The Morgan fingerprint density at radius 1 is 1.00 bits per heavy atom. The zero-order valence-electron chi connectivity index (χ0n) is 13.2. The van der Waals surface area contributed by atoms with Gasteiger partial charge in [-0.05, 0) is 18.6 Å². The molecule has 4 rings (SSSR count). The quantitative estimate of drug-likeness (QED) is 0.617. The number of para-hydroxylation sites is 1. The van der Waals surface area contributed by atoms with E-state index in [1.807, 2.05) is 0 Å². The molecule has 0 fully saturated rings. The van der Waals surface area contributed by atoms with Gasteiger partial charge in [0.25, 0.3) is 0 Å². The number of alkyl halides is 3. The first kappa shape index (κ1) is 15.6. The maximum Gasteiger partial charge on any atom is 0.420 e. The number of rotatable bonds is 1. The van der Waals surface area contributed by atoms with Gasteiger partial charge in [0.15, 0.2) is 0 Å². The molecule has 2 nitrogen and oxygen atoms in total. The van der Waals surface area contributed by atoms with E-state index in [0.717, 1.165) is 5.56 Å². The maximum atomic E-state index is 13.7. The molecule has 0 amide bonds. The second kappa shape index (κ2) is 5.28. The van der Waals surface area contributed by atoms with Crippen molar-refractivity contribution in [3.63, 3.8) is 0 Å². The molecule has 1 heterocycles. The first-order valence-electron chi connectivity index (χ1n) is 7.69. The molecule has 0 radical (unpaired) electrons. The summed E-state index contributed by atoms with van der Waals surface area (Å²) >= 11 is 0. The van der Waals surface area contributed by atoms with Crippen LogP contribution < -0.4 is 0 Å². The van der Waals surface area contributed by atoms with E-state index in [-0.39, 0.29) is 11.1 Å². The number of carbonyl (C=O) groups excluding carboxylic acids is 1. The molecule has 0 spiro atoms. The number of ketones is 1. The van der Waals surface area contributed by atoms with Crippen LogP contribution >= 0.6 is 0 Å². The van der Waals surface area contributed by atoms with Crippen molar-refractivity contribution < 1.29 is 18.0 Å². The standard InChI is InChI=1S/C20H12F3NO/c1-11-5-4-6-12(9-11)16-17-13-7-2-3-8-15(13)24-10-14(17)19(25)18(16)20(21,22)23/h2-10H,1H3. The summed E-state index contributed by atoms with van der Waals surface area (Å²) in [7, 11) is 0. The molecule has 0 atom stereocenters. The van der Waals surface area contributed by atoms with E-state index in [4.69, 9.17) is 0 Å². The van der Waals surface area contributed by atoms with Gasteiger partial charge in [-0.2, -0.15) is 13.2 Å². The van der Waals surface area contributed by atoms with Gasteiger partial charge >= 0.3 is 6.18 Å². The van der Waals surface area contributed by atoms with Crippen molar-refractivity contribution in [2.75, 3.05) is 0 Å². The van der Waals surface area contributed by atoms with Crippen molar-refractivity contribution in [2.45, 2.75) is 13.1 Å². The Morgan fingerprint density at radius 3 is 2.48 bits per heavy atom. The number of halogens is 3. The second-order valence-electron chi connectivity index (χ2n) is 6.01. The second-order valence-corrected chi connectivity index (χ2v) is 6.01. The Bertz CT molecular complexity index is 1060. The molecule has 1 aliphatic rings. The van der Waals surface area contributed by atoms with Gasteiger partial charge in [0.2, 0.25) is 5.78 Å². The van der Waals surface area contributed by atoms with E-state index >= 15 is 0 Å². The van der Waals surface area contributed by atoms with E-state index < -0.39 is 17.5 Å². The van der Waals surface area contributed by atoms with Crippen LogP contribution in [0.1, 0.15) is 27.0 Å². The summed E-state index contributed by atoms with van der Waals surface area (Å²) in [5.41, 5.74) is 0.904. The number of aromatic nitrogens is 1. The summed E-state index contributed by atoms with van der Waals surface area (Å²) in [5, 5.41) is 0.545. The van der Waals surface area contributed by atoms with E-state index in [0.29, 0.717) is 22.0 Å². The van der Waals surface area contributed by atoms with Gasteiger partial charge in [0.1, 0.15) is 5.57 Å². The number of pyridine rings is 1. The van der Waals surface area contributed by atoms with E-state index in [1.165, 1.54) is 6.20 Å². The number of hydrogen-bond donors (Lipinski definition) is 0. The van der Waals surface area contributed by atoms with Crippen LogP contribution in [0.4, 0.5) is 13.2 Å². The lowest BCUT2D eigenvalue weighted by atomic mass is 9.94. The summed E-state index contributed by atoms with van der Waals surface area (Å²) < 4.78 is 41.1. The minimum atomic E-state index is -4.74. The van der Waals surface area contributed by atoms with Gasteiger partial charge < -0.3 is 0 Å². The summed E-state index contributed by atoms with van der Waals surface area (Å²) in [4.78, 5) is 16.7. The van der Waals surface area contributed by atoms with Gasteiger partial charge in [-0.3, -0.25) is 9.78 Å². The summed E-state index contributed by atoms with van der Waals surface area (Å²) in [6.45, 7) is 1.81. The summed E-state index contributed by atoms with van der Waals surface area (Å²) in [6, 6.07) is 13.7. The molecule has 0 aliphatic heterocycles. The van der Waals surface area contributed by atoms with Crippen LogP contribution in [-0.2, 0) is 0 Å². The van der Waals surface area contributed by atoms with Crippen molar-refractivity contribution >= 4 is 22.3 Å². The molecule has 5 heteroatoms. The first-order valence-corrected chi connectivity index (χ1v) is 7.69. The number of fused-ring (bicyclic) bond motifs is 3. The normalized spacial score (nSPS) is 14.3. The third-order valence-corrected chi connectivity index (χ3v) is 4.34. The van der Waals surface area contributed by atoms with Crippen molar-refractivity contribution in [3.8, 4) is 0 Å². The topological polar surface area (TPSA) is 30.0 Å². The van der Waals surface area contributed by atoms with Crippen LogP contribution in [0.25, 0.3) is 16.5 Å². The van der Waals surface area contributed by atoms with Crippen molar-refractivity contribution in [3.05, 3.63) is 82.6 Å². The molecule has 1 aromatic heterocycles. The molecular weight excluding hydrogens is 327 g/mol. The number of Topliss-reactive ketones (excluding diaryl/α,β-unsaturated/α-hetero) is 1. The highest BCUT2D eigenvalue weighted by molar-refractivity contribution is 6.26. The van der Waals surface area contributed by atoms with Crippen molar-refractivity contribution in [2.24, 2.45) is 0 Å². The highest BCUT2D eigenvalue weighted by Gasteiger charge is 2.47. The average molecular weight is 339 g/mol. The zero-order valence-corrected chi connectivity index (χ0v) is 13.2. The fourth-order valence-corrected chi connectivity index (χ4v) is 3.32. The molecule has 0 bridgehead atoms. The van der Waals surface area contributed by atoms with Crippen LogP contribution in [0.2, 0.25) is 0 Å². The molecule has 0 saturated heterocycles. The Kier molecular flexibility index (Phi) is 3.29. The molecule has 0 unspecified atom stereocenters. The number of nitrogens with zero attached hydrogens (tertiary/aromatic N) is 1. The zero-order chi connectivity index (χ0) is 17.8. The van der Waals surface area contributed by atoms with Crippen LogP contribution in [0.5, 0.6) is 0 Å². The average Bonchev–Trinajstić information content (AvgIpc) is 2.88. The Labute approximate surface area is 141 Å². The maximum absolute atomic E-state index is 13.7. The number of allylic oxidation sites excluding steroid dienone is 1. The lowest BCUT2D eigenvalue weighted by Crippen LogP contribution is -2.18. The van der Waals surface area contributed by atoms with Crippen LogP contribution in [-0.4, -0.2) is 16.9 Å². The predicted octanol–water partition coefficient (Wildman–Crippen LogP) is 5.10. The molecule has 124 valence electrons. The summed E-state index contributed by atoms with van der Waals surface area (Å²) in [5.74, 6) is -1.02. The fraction of sp³-hybridized carbons (Fsp3) is 0.100. The van der Waals surface area contributed by atoms with Gasteiger partial charge in [0.05, 0.1) is 5.52 Å². The van der Waals surface area contributed by atoms with E-state index in [2.05, 4.69) is 4.98 Å². The molecule has 25 heavy (non-hydrogen) atoms.